The Bertz CT molecular complexity index is 447. The maximum atomic E-state index is 11.4. The van der Waals surface area contributed by atoms with E-state index in [2.05, 4.69) is 9.72 Å². The molecule has 1 heterocycles. The first-order valence-electron chi connectivity index (χ1n) is 5.71. The van der Waals surface area contributed by atoms with Crippen LogP contribution >= 0.6 is 0 Å². The third-order valence-corrected chi connectivity index (χ3v) is 1.91. The zero-order valence-corrected chi connectivity index (χ0v) is 11.4. The average molecular weight is 267 g/mol. The summed E-state index contributed by atoms with van der Waals surface area (Å²) in [5.74, 6) is -0.623. The van der Waals surface area contributed by atoms with Crippen LogP contribution in [0.15, 0.2) is 18.3 Å². The van der Waals surface area contributed by atoms with Crippen LogP contribution in [0.2, 0.25) is 0 Å². The van der Waals surface area contributed by atoms with Crippen molar-refractivity contribution >= 4 is 11.9 Å². The smallest absolute Gasteiger partial charge is 0.356 e. The number of ether oxygens (including phenoxy) is 3. The molecule has 6 nitrogen and oxygen atoms in total. The third kappa shape index (κ3) is 5.37. The highest BCUT2D eigenvalue weighted by molar-refractivity contribution is 5.87. The molecule has 6 heteroatoms. The summed E-state index contributed by atoms with van der Waals surface area (Å²) in [6, 6.07) is 2.99. The van der Waals surface area contributed by atoms with Crippen molar-refractivity contribution in [1.82, 2.24) is 4.98 Å². The van der Waals surface area contributed by atoms with Crippen LogP contribution in [0.3, 0.4) is 0 Å². The van der Waals surface area contributed by atoms with E-state index in [1.54, 1.807) is 20.8 Å². The highest BCUT2D eigenvalue weighted by Crippen LogP contribution is 2.11. The van der Waals surface area contributed by atoms with Gasteiger partial charge in [-0.05, 0) is 32.9 Å². The molecule has 104 valence electrons. The molecular weight excluding hydrogens is 250 g/mol. The summed E-state index contributed by atoms with van der Waals surface area (Å²) in [4.78, 5) is 26.4. The van der Waals surface area contributed by atoms with E-state index in [-0.39, 0.29) is 12.3 Å². The van der Waals surface area contributed by atoms with Gasteiger partial charge in [0.2, 0.25) is 0 Å². The van der Waals surface area contributed by atoms with Crippen LogP contribution in [0.1, 0.15) is 31.3 Å². The molecule has 0 spiro atoms. The molecule has 0 aliphatic rings. The Morgan fingerprint density at radius 3 is 2.42 bits per heavy atom. The van der Waals surface area contributed by atoms with E-state index >= 15 is 0 Å². The number of rotatable bonds is 4. The Labute approximate surface area is 111 Å². The Hall–Kier alpha value is -2.11. The average Bonchev–Trinajstić information content (AvgIpc) is 2.34. The van der Waals surface area contributed by atoms with Crippen molar-refractivity contribution in [2.24, 2.45) is 0 Å². The molecule has 0 bridgehead atoms. The van der Waals surface area contributed by atoms with Crippen LogP contribution in [-0.2, 0) is 14.3 Å². The molecule has 1 aromatic rings. The monoisotopic (exact) mass is 267 g/mol. The van der Waals surface area contributed by atoms with Crippen LogP contribution in [0.25, 0.3) is 0 Å². The fourth-order valence-electron chi connectivity index (χ4n) is 1.20. The number of hydrogen-bond donors (Lipinski definition) is 0. The maximum absolute atomic E-state index is 11.4. The van der Waals surface area contributed by atoms with Crippen molar-refractivity contribution in [2.45, 2.75) is 26.4 Å². The second-order valence-corrected chi connectivity index (χ2v) is 4.75. The van der Waals surface area contributed by atoms with E-state index in [9.17, 15) is 9.59 Å². The minimum Gasteiger partial charge on any atom is -0.480 e. The number of pyridine rings is 1. The molecule has 19 heavy (non-hydrogen) atoms. The van der Waals surface area contributed by atoms with Crippen molar-refractivity contribution in [1.29, 1.82) is 0 Å². The van der Waals surface area contributed by atoms with Crippen LogP contribution in [0, 0.1) is 0 Å². The molecule has 0 aliphatic heterocycles. The molecular formula is C13H17NO5. The largest absolute Gasteiger partial charge is 0.480 e. The summed E-state index contributed by atoms with van der Waals surface area (Å²) in [5, 5.41) is 0. The maximum Gasteiger partial charge on any atom is 0.356 e. The SMILES string of the molecule is COC(=O)c1ccc(OCC(=O)OC(C)(C)C)cn1. The number of nitrogens with zero attached hydrogens (tertiary/aromatic N) is 1. The summed E-state index contributed by atoms with van der Waals surface area (Å²) in [6.45, 7) is 5.11. The number of methoxy groups -OCH3 is 1. The van der Waals surface area contributed by atoms with Gasteiger partial charge in [-0.15, -0.1) is 0 Å². The van der Waals surface area contributed by atoms with Gasteiger partial charge in [0.05, 0.1) is 13.3 Å². The standard InChI is InChI=1S/C13H17NO5/c1-13(2,3)19-11(15)8-18-9-5-6-10(14-7-9)12(16)17-4/h5-7H,8H2,1-4H3. The summed E-state index contributed by atoms with van der Waals surface area (Å²) in [5.41, 5.74) is -0.375. The third-order valence-electron chi connectivity index (χ3n) is 1.91. The van der Waals surface area contributed by atoms with Crippen LogP contribution in [0.5, 0.6) is 5.75 Å². The van der Waals surface area contributed by atoms with Crippen LogP contribution < -0.4 is 4.74 Å². The highest BCUT2D eigenvalue weighted by atomic mass is 16.6. The number of hydrogen-bond acceptors (Lipinski definition) is 6. The molecule has 0 aliphatic carbocycles. The van der Waals surface area contributed by atoms with E-state index in [1.807, 2.05) is 0 Å². The first kappa shape index (κ1) is 14.9. The highest BCUT2D eigenvalue weighted by Gasteiger charge is 2.16. The van der Waals surface area contributed by atoms with Gasteiger partial charge < -0.3 is 14.2 Å². The lowest BCUT2D eigenvalue weighted by Crippen LogP contribution is -2.27. The Kier molecular flexibility index (Phi) is 4.86. The van der Waals surface area contributed by atoms with Gasteiger partial charge in [-0.2, -0.15) is 0 Å². The fourth-order valence-corrected chi connectivity index (χ4v) is 1.20. The van der Waals surface area contributed by atoms with Gasteiger partial charge in [0.25, 0.3) is 0 Å². The molecule has 1 rings (SSSR count). The van der Waals surface area contributed by atoms with E-state index in [0.717, 1.165) is 0 Å². The summed E-state index contributed by atoms with van der Waals surface area (Å²) < 4.78 is 14.8. The van der Waals surface area contributed by atoms with Crippen molar-refractivity contribution < 1.29 is 23.8 Å². The van der Waals surface area contributed by atoms with E-state index in [0.29, 0.717) is 5.75 Å². The molecule has 0 fully saturated rings. The zero-order chi connectivity index (χ0) is 14.5. The Morgan fingerprint density at radius 2 is 1.95 bits per heavy atom. The minimum atomic E-state index is -0.548. The summed E-state index contributed by atoms with van der Waals surface area (Å²) in [7, 11) is 1.27. The molecule has 0 atom stereocenters. The molecule has 1 aromatic heterocycles. The molecule has 0 radical (unpaired) electrons. The lowest BCUT2D eigenvalue weighted by Gasteiger charge is -2.19. The Morgan fingerprint density at radius 1 is 1.26 bits per heavy atom. The minimum absolute atomic E-state index is 0.173. The molecule has 0 saturated carbocycles. The Balaban J connectivity index is 2.50. The molecule has 0 N–H and O–H groups in total. The molecule has 0 saturated heterocycles. The van der Waals surface area contributed by atoms with Gasteiger partial charge in [0, 0.05) is 0 Å². The lowest BCUT2D eigenvalue weighted by molar-refractivity contribution is -0.157. The van der Waals surface area contributed by atoms with Crippen LogP contribution in [-0.4, -0.2) is 36.2 Å². The fraction of sp³-hybridized carbons (Fsp3) is 0.462. The van der Waals surface area contributed by atoms with E-state index < -0.39 is 17.5 Å². The van der Waals surface area contributed by atoms with Crippen LogP contribution in [0.4, 0.5) is 0 Å². The van der Waals surface area contributed by atoms with Gasteiger partial charge >= 0.3 is 11.9 Å². The first-order chi connectivity index (χ1) is 8.81. The molecule has 0 amide bonds. The first-order valence-corrected chi connectivity index (χ1v) is 5.71. The molecule has 0 aromatic carbocycles. The zero-order valence-electron chi connectivity index (χ0n) is 11.4. The van der Waals surface area contributed by atoms with Crippen molar-refractivity contribution in [2.75, 3.05) is 13.7 Å². The van der Waals surface area contributed by atoms with E-state index in [1.165, 1.54) is 25.4 Å². The van der Waals surface area contributed by atoms with E-state index in [4.69, 9.17) is 9.47 Å². The second-order valence-electron chi connectivity index (χ2n) is 4.75. The number of carbonyl (C=O) groups is 2. The number of esters is 2. The lowest BCUT2D eigenvalue weighted by atomic mass is 10.2. The van der Waals surface area contributed by atoms with Gasteiger partial charge in [0.15, 0.2) is 6.61 Å². The number of aromatic nitrogens is 1. The van der Waals surface area contributed by atoms with Crippen molar-refractivity contribution in [3.05, 3.63) is 24.0 Å². The predicted octanol–water partition coefficient (Wildman–Crippen LogP) is 1.59. The quantitative estimate of drug-likeness (QED) is 0.771. The van der Waals surface area contributed by atoms with Gasteiger partial charge in [-0.1, -0.05) is 0 Å². The number of carbonyl (C=O) groups excluding carboxylic acids is 2. The van der Waals surface area contributed by atoms with Gasteiger partial charge in [0.1, 0.15) is 17.0 Å². The van der Waals surface area contributed by atoms with Gasteiger partial charge in [-0.3, -0.25) is 0 Å². The predicted molar refractivity (Wildman–Crippen MR) is 66.9 cm³/mol. The summed E-state index contributed by atoms with van der Waals surface area (Å²) in [6.07, 6.45) is 1.34. The van der Waals surface area contributed by atoms with Crippen molar-refractivity contribution in [3.63, 3.8) is 0 Å². The topological polar surface area (TPSA) is 74.7 Å². The summed E-state index contributed by atoms with van der Waals surface area (Å²) >= 11 is 0. The second kappa shape index (κ2) is 6.17. The normalized spacial score (nSPS) is 10.7. The molecule has 0 unspecified atom stereocenters. The van der Waals surface area contributed by atoms with Crippen molar-refractivity contribution in [3.8, 4) is 5.75 Å². The van der Waals surface area contributed by atoms with Gasteiger partial charge in [-0.25, -0.2) is 14.6 Å².